The van der Waals surface area contributed by atoms with Crippen molar-refractivity contribution in [3.05, 3.63) is 11.8 Å². The van der Waals surface area contributed by atoms with E-state index in [2.05, 4.69) is 12.6 Å². The summed E-state index contributed by atoms with van der Waals surface area (Å²) >= 11 is 3.50. The monoisotopic (exact) mass is 131 g/mol. The van der Waals surface area contributed by atoms with Gasteiger partial charge in [0.15, 0.2) is 0 Å². The Morgan fingerprint density at radius 2 is 2.38 bits per heavy atom. The lowest BCUT2D eigenvalue weighted by atomic mass is 10.3. The summed E-state index contributed by atoms with van der Waals surface area (Å²) < 4.78 is 0. The van der Waals surface area contributed by atoms with Crippen molar-refractivity contribution in [2.24, 2.45) is 5.73 Å². The fourth-order valence-corrected chi connectivity index (χ4v) is 0.426. The normalized spacial score (nSPS) is 11.5. The third-order valence-electron chi connectivity index (χ3n) is 0.717. The van der Waals surface area contributed by atoms with Crippen molar-refractivity contribution in [1.82, 2.24) is 0 Å². The molecule has 0 bridgehead atoms. The van der Waals surface area contributed by atoms with Crippen LogP contribution in [0.2, 0.25) is 0 Å². The van der Waals surface area contributed by atoms with Crippen molar-refractivity contribution in [3.63, 3.8) is 0 Å². The second-order valence-corrected chi connectivity index (χ2v) is 1.85. The summed E-state index contributed by atoms with van der Waals surface area (Å²) in [5.41, 5.74) is 5.84. The molecule has 3 heteroatoms. The van der Waals surface area contributed by atoms with E-state index in [0.29, 0.717) is 12.1 Å². The highest BCUT2D eigenvalue weighted by Gasteiger charge is 1.86. The van der Waals surface area contributed by atoms with E-state index in [1.54, 1.807) is 0 Å². The lowest BCUT2D eigenvalue weighted by molar-refractivity contribution is -0.106. The van der Waals surface area contributed by atoms with Crippen molar-refractivity contribution in [3.8, 4) is 0 Å². The van der Waals surface area contributed by atoms with Crippen LogP contribution in [0.15, 0.2) is 11.8 Å². The van der Waals surface area contributed by atoms with Crippen LogP contribution in [0.4, 0.5) is 0 Å². The molecule has 0 aliphatic rings. The third-order valence-corrected chi connectivity index (χ3v) is 0.846. The number of rotatable bonds is 2. The molecule has 0 unspecified atom stereocenters. The number of carbonyl (C=O) groups excluding carboxylic acids is 1. The van der Waals surface area contributed by atoms with Crippen molar-refractivity contribution >= 4 is 17.7 Å². The number of thiol groups is 1. The Kier molecular flexibility index (Phi) is 3.35. The van der Waals surface area contributed by atoms with Gasteiger partial charge >= 0.3 is 0 Å². The quantitative estimate of drug-likeness (QED) is 0.428. The Morgan fingerprint density at radius 3 is 2.50 bits per heavy atom. The van der Waals surface area contributed by atoms with Gasteiger partial charge < -0.3 is 5.73 Å². The van der Waals surface area contributed by atoms with Crippen LogP contribution < -0.4 is 5.73 Å². The fourth-order valence-electron chi connectivity index (χ4n) is 0.261. The minimum absolute atomic E-state index is 0.288. The number of hydrogen-bond acceptors (Lipinski definition) is 2. The molecule has 0 fully saturated rings. The molecule has 0 spiro atoms. The maximum atomic E-state index is 10.1. The Bertz CT molecular complexity index is 120. The smallest absolute Gasteiger partial charge is 0.210 e. The number of hydrogen-bond donors (Lipinski definition) is 2. The molecular weight excluding hydrogens is 122 g/mol. The Hall–Kier alpha value is -0.440. The minimum Gasteiger partial charge on any atom is -0.402 e. The van der Waals surface area contributed by atoms with Gasteiger partial charge in [-0.3, -0.25) is 4.79 Å². The molecule has 0 aliphatic heterocycles. The van der Waals surface area contributed by atoms with Crippen LogP contribution >= 0.6 is 12.6 Å². The van der Waals surface area contributed by atoms with Gasteiger partial charge in [0, 0.05) is 11.8 Å². The SMILES string of the molecule is CC/C(N)=C/C(=O)S. The third kappa shape index (κ3) is 3.74. The van der Waals surface area contributed by atoms with Gasteiger partial charge in [-0.05, 0) is 6.42 Å². The summed E-state index contributed by atoms with van der Waals surface area (Å²) in [7, 11) is 0. The van der Waals surface area contributed by atoms with Gasteiger partial charge in [-0.2, -0.15) is 0 Å². The molecule has 0 rings (SSSR count). The predicted octanol–water partition coefficient (Wildman–Crippen LogP) is 0.695. The topological polar surface area (TPSA) is 43.1 Å². The lowest BCUT2D eigenvalue weighted by Crippen LogP contribution is -1.96. The molecule has 0 atom stereocenters. The average Bonchev–Trinajstić information content (AvgIpc) is 1.65. The Labute approximate surface area is 54.2 Å². The molecule has 2 nitrogen and oxygen atoms in total. The van der Waals surface area contributed by atoms with Gasteiger partial charge in [-0.1, -0.05) is 6.92 Å². The van der Waals surface area contributed by atoms with E-state index in [1.165, 1.54) is 6.08 Å². The van der Waals surface area contributed by atoms with Gasteiger partial charge in [0.25, 0.3) is 0 Å². The van der Waals surface area contributed by atoms with Crippen LogP contribution in [-0.4, -0.2) is 5.12 Å². The first kappa shape index (κ1) is 7.56. The summed E-state index contributed by atoms with van der Waals surface area (Å²) in [5, 5.41) is -0.288. The van der Waals surface area contributed by atoms with Crippen molar-refractivity contribution in [2.75, 3.05) is 0 Å². The maximum Gasteiger partial charge on any atom is 0.210 e. The van der Waals surface area contributed by atoms with E-state index >= 15 is 0 Å². The van der Waals surface area contributed by atoms with Gasteiger partial charge in [0.1, 0.15) is 0 Å². The largest absolute Gasteiger partial charge is 0.402 e. The van der Waals surface area contributed by atoms with Crippen LogP contribution in [0.25, 0.3) is 0 Å². The molecule has 0 saturated carbocycles. The first-order valence-electron chi connectivity index (χ1n) is 2.35. The first-order chi connectivity index (χ1) is 3.66. The molecule has 0 heterocycles. The zero-order chi connectivity index (χ0) is 6.57. The van der Waals surface area contributed by atoms with E-state index < -0.39 is 0 Å². The summed E-state index contributed by atoms with van der Waals surface area (Å²) in [6, 6.07) is 0. The van der Waals surface area contributed by atoms with Gasteiger partial charge in [0.05, 0.1) is 0 Å². The standard InChI is InChI=1S/C5H9NOS/c1-2-4(6)3-5(7)8/h3H,2,6H2,1H3,(H,7,8)/b4-3-. The molecule has 0 amide bonds. The van der Waals surface area contributed by atoms with Crippen LogP contribution in [0.5, 0.6) is 0 Å². The number of carbonyl (C=O) groups is 1. The van der Waals surface area contributed by atoms with Crippen molar-refractivity contribution in [2.45, 2.75) is 13.3 Å². The van der Waals surface area contributed by atoms with E-state index in [9.17, 15) is 4.79 Å². The van der Waals surface area contributed by atoms with Crippen LogP contribution in [0.3, 0.4) is 0 Å². The van der Waals surface area contributed by atoms with E-state index in [0.717, 1.165) is 0 Å². The predicted molar refractivity (Wildman–Crippen MR) is 36.6 cm³/mol. The van der Waals surface area contributed by atoms with Gasteiger partial charge in [0.2, 0.25) is 5.12 Å². The molecule has 0 aliphatic carbocycles. The van der Waals surface area contributed by atoms with E-state index in [1.807, 2.05) is 6.92 Å². The second-order valence-electron chi connectivity index (χ2n) is 1.41. The van der Waals surface area contributed by atoms with Crippen LogP contribution in [0.1, 0.15) is 13.3 Å². The summed E-state index contributed by atoms with van der Waals surface area (Å²) in [6.07, 6.45) is 2.01. The van der Waals surface area contributed by atoms with Crippen molar-refractivity contribution in [1.29, 1.82) is 0 Å². The number of allylic oxidation sites excluding steroid dienone is 1. The van der Waals surface area contributed by atoms with Crippen LogP contribution in [-0.2, 0) is 4.79 Å². The van der Waals surface area contributed by atoms with Crippen LogP contribution in [0, 0.1) is 0 Å². The molecule has 0 aromatic rings. The van der Waals surface area contributed by atoms with Crippen molar-refractivity contribution < 1.29 is 4.79 Å². The first-order valence-corrected chi connectivity index (χ1v) is 2.80. The zero-order valence-electron chi connectivity index (χ0n) is 4.72. The highest BCUT2D eigenvalue weighted by atomic mass is 32.1. The summed E-state index contributed by atoms with van der Waals surface area (Å²) in [5.74, 6) is 0. The Morgan fingerprint density at radius 1 is 1.88 bits per heavy atom. The molecule has 46 valence electrons. The highest BCUT2D eigenvalue weighted by Crippen LogP contribution is 1.91. The molecular formula is C5H9NOS. The fraction of sp³-hybridized carbons (Fsp3) is 0.400. The maximum absolute atomic E-state index is 10.1. The van der Waals surface area contributed by atoms with E-state index in [-0.39, 0.29) is 5.12 Å². The van der Waals surface area contributed by atoms with Gasteiger partial charge in [-0.25, -0.2) is 0 Å². The summed E-state index contributed by atoms with van der Waals surface area (Å²) in [6.45, 7) is 1.88. The summed E-state index contributed by atoms with van der Waals surface area (Å²) in [4.78, 5) is 10.1. The van der Waals surface area contributed by atoms with E-state index in [4.69, 9.17) is 5.73 Å². The molecule has 0 aromatic carbocycles. The molecule has 0 aromatic heterocycles. The molecule has 8 heavy (non-hydrogen) atoms. The molecule has 2 N–H and O–H groups in total. The minimum atomic E-state index is -0.288. The average molecular weight is 131 g/mol. The Balaban J connectivity index is 3.75. The molecule has 0 saturated heterocycles. The number of nitrogens with two attached hydrogens (primary N) is 1. The zero-order valence-corrected chi connectivity index (χ0v) is 5.61. The van der Waals surface area contributed by atoms with Gasteiger partial charge in [-0.15, -0.1) is 12.6 Å². The molecule has 0 radical (unpaired) electrons. The second kappa shape index (κ2) is 3.55. The highest BCUT2D eigenvalue weighted by molar-refractivity contribution is 7.97. The lowest BCUT2D eigenvalue weighted by Gasteiger charge is -1.88.